The summed E-state index contributed by atoms with van der Waals surface area (Å²) < 4.78 is 0.576. The SMILES string of the molecule is O=C(CCCCCN1C(=O)/C(=C/c2cccs2)SC1=S)Nc1cc(Cl)ccc1O. The van der Waals surface area contributed by atoms with Crippen molar-refractivity contribution in [3.63, 3.8) is 0 Å². The van der Waals surface area contributed by atoms with Crippen LogP contribution in [0, 0.1) is 0 Å². The minimum absolute atomic E-state index is 0.0206. The average Bonchev–Trinajstić information content (AvgIpc) is 3.28. The number of thioether (sulfide) groups is 1. The number of phenols is 1. The van der Waals surface area contributed by atoms with Crippen LogP contribution in [-0.4, -0.2) is 32.7 Å². The van der Waals surface area contributed by atoms with E-state index in [0.717, 1.165) is 17.7 Å². The van der Waals surface area contributed by atoms with E-state index in [0.29, 0.717) is 39.3 Å². The van der Waals surface area contributed by atoms with Gasteiger partial charge in [0.2, 0.25) is 5.91 Å². The number of thiophene rings is 1. The van der Waals surface area contributed by atoms with Crippen molar-refractivity contribution in [3.05, 3.63) is 50.5 Å². The third-order valence-electron chi connectivity index (χ3n) is 4.21. The van der Waals surface area contributed by atoms with Crippen molar-refractivity contribution in [2.45, 2.75) is 25.7 Å². The largest absolute Gasteiger partial charge is 0.506 e. The van der Waals surface area contributed by atoms with Gasteiger partial charge in [0, 0.05) is 22.9 Å². The molecule has 29 heavy (non-hydrogen) atoms. The molecule has 5 nitrogen and oxygen atoms in total. The number of hydrogen-bond donors (Lipinski definition) is 2. The van der Waals surface area contributed by atoms with Crippen LogP contribution < -0.4 is 5.32 Å². The van der Waals surface area contributed by atoms with Gasteiger partial charge < -0.3 is 10.4 Å². The van der Waals surface area contributed by atoms with Crippen molar-refractivity contribution >= 4 is 74.8 Å². The fourth-order valence-corrected chi connectivity index (χ4v) is 4.95. The highest BCUT2D eigenvalue weighted by Gasteiger charge is 2.31. The topological polar surface area (TPSA) is 69.6 Å². The van der Waals surface area contributed by atoms with Crippen LogP contribution in [0.2, 0.25) is 5.02 Å². The first-order valence-corrected chi connectivity index (χ1v) is 11.5. The Bertz CT molecular complexity index is 944. The van der Waals surface area contributed by atoms with Gasteiger partial charge >= 0.3 is 0 Å². The minimum atomic E-state index is -0.188. The molecule has 2 aromatic rings. The zero-order valence-corrected chi connectivity index (χ0v) is 18.6. The van der Waals surface area contributed by atoms with Gasteiger partial charge in [-0.05, 0) is 48.6 Å². The number of phenolic OH excluding ortho intramolecular Hbond substituents is 1. The van der Waals surface area contributed by atoms with E-state index in [1.54, 1.807) is 22.3 Å². The van der Waals surface area contributed by atoms with Gasteiger partial charge in [-0.1, -0.05) is 48.1 Å². The number of carbonyl (C=O) groups is 2. The van der Waals surface area contributed by atoms with Gasteiger partial charge in [-0.15, -0.1) is 11.3 Å². The van der Waals surface area contributed by atoms with Gasteiger partial charge in [-0.2, -0.15) is 0 Å². The number of aromatic hydroxyl groups is 1. The number of amides is 2. The molecular formula is C20H19ClN2O3S3. The van der Waals surface area contributed by atoms with Crippen LogP contribution in [0.5, 0.6) is 5.75 Å². The Morgan fingerprint density at radius 3 is 2.86 bits per heavy atom. The summed E-state index contributed by atoms with van der Waals surface area (Å²) in [5.74, 6) is -0.262. The van der Waals surface area contributed by atoms with E-state index < -0.39 is 0 Å². The van der Waals surface area contributed by atoms with Crippen molar-refractivity contribution < 1.29 is 14.7 Å². The Morgan fingerprint density at radius 2 is 2.10 bits per heavy atom. The van der Waals surface area contributed by atoms with E-state index in [-0.39, 0.29) is 17.6 Å². The highest BCUT2D eigenvalue weighted by molar-refractivity contribution is 8.26. The summed E-state index contributed by atoms with van der Waals surface area (Å²) in [4.78, 5) is 27.9. The van der Waals surface area contributed by atoms with E-state index in [9.17, 15) is 14.7 Å². The van der Waals surface area contributed by atoms with Gasteiger partial charge in [-0.25, -0.2) is 0 Å². The molecule has 9 heteroatoms. The maximum Gasteiger partial charge on any atom is 0.266 e. The maximum absolute atomic E-state index is 12.5. The number of thiocarbonyl (C=S) groups is 1. The summed E-state index contributed by atoms with van der Waals surface area (Å²) >= 11 is 14.1. The Labute approximate surface area is 187 Å². The smallest absolute Gasteiger partial charge is 0.266 e. The molecule has 152 valence electrons. The van der Waals surface area contributed by atoms with Crippen molar-refractivity contribution in [2.24, 2.45) is 0 Å². The zero-order chi connectivity index (χ0) is 20.8. The van der Waals surface area contributed by atoms with Gasteiger partial charge in [-0.3, -0.25) is 14.5 Å². The van der Waals surface area contributed by atoms with Crippen LogP contribution >= 0.6 is 46.9 Å². The molecule has 1 aliphatic rings. The second-order valence-corrected chi connectivity index (χ2v) is 9.46. The van der Waals surface area contributed by atoms with Crippen LogP contribution in [-0.2, 0) is 9.59 Å². The number of unbranched alkanes of at least 4 members (excludes halogenated alkanes) is 2. The Balaban J connectivity index is 1.40. The molecule has 0 bridgehead atoms. The molecule has 0 atom stereocenters. The lowest BCUT2D eigenvalue weighted by Crippen LogP contribution is -2.29. The molecule has 0 spiro atoms. The first kappa shape index (κ1) is 21.8. The number of nitrogens with one attached hydrogen (secondary N) is 1. The molecule has 1 saturated heterocycles. The van der Waals surface area contributed by atoms with E-state index >= 15 is 0 Å². The first-order valence-electron chi connectivity index (χ1n) is 9.01. The van der Waals surface area contributed by atoms with E-state index in [1.807, 2.05) is 23.6 Å². The number of halogens is 1. The van der Waals surface area contributed by atoms with Crippen LogP contribution in [0.1, 0.15) is 30.6 Å². The average molecular weight is 467 g/mol. The molecule has 0 radical (unpaired) electrons. The van der Waals surface area contributed by atoms with E-state index in [2.05, 4.69) is 5.32 Å². The number of anilines is 1. The molecule has 1 fully saturated rings. The fraction of sp³-hybridized carbons (Fsp3) is 0.250. The van der Waals surface area contributed by atoms with Crippen LogP contribution in [0.15, 0.2) is 40.6 Å². The van der Waals surface area contributed by atoms with Crippen molar-refractivity contribution in [3.8, 4) is 5.75 Å². The lowest BCUT2D eigenvalue weighted by Gasteiger charge is -2.14. The molecule has 3 rings (SSSR count). The van der Waals surface area contributed by atoms with Gasteiger partial charge in [0.05, 0.1) is 10.6 Å². The van der Waals surface area contributed by atoms with Crippen molar-refractivity contribution in [1.29, 1.82) is 0 Å². The fourth-order valence-electron chi connectivity index (χ4n) is 2.75. The Hall–Kier alpha value is -1.87. The number of rotatable bonds is 8. The van der Waals surface area contributed by atoms with Gasteiger partial charge in [0.25, 0.3) is 5.91 Å². The van der Waals surface area contributed by atoms with Crippen molar-refractivity contribution in [1.82, 2.24) is 4.90 Å². The molecule has 2 N–H and O–H groups in total. The number of nitrogens with zero attached hydrogens (tertiary/aromatic N) is 1. The molecule has 0 unspecified atom stereocenters. The molecule has 2 amide bonds. The molecule has 0 saturated carbocycles. The normalized spacial score (nSPS) is 15.3. The highest BCUT2D eigenvalue weighted by atomic mass is 35.5. The zero-order valence-electron chi connectivity index (χ0n) is 15.4. The molecular weight excluding hydrogens is 448 g/mol. The number of benzene rings is 1. The molecule has 2 heterocycles. The molecule has 1 aliphatic heterocycles. The van der Waals surface area contributed by atoms with E-state index in [1.165, 1.54) is 23.9 Å². The summed E-state index contributed by atoms with van der Waals surface area (Å²) in [5.41, 5.74) is 0.303. The number of hydrogen-bond acceptors (Lipinski definition) is 6. The molecule has 1 aromatic heterocycles. The predicted octanol–water partition coefficient (Wildman–Crippen LogP) is 5.51. The molecule has 1 aromatic carbocycles. The lowest BCUT2D eigenvalue weighted by atomic mass is 10.1. The van der Waals surface area contributed by atoms with Gasteiger partial charge in [0.1, 0.15) is 10.1 Å². The summed E-state index contributed by atoms with van der Waals surface area (Å²) in [7, 11) is 0. The lowest BCUT2D eigenvalue weighted by molar-refractivity contribution is -0.122. The Kier molecular flexibility index (Phi) is 7.71. The minimum Gasteiger partial charge on any atom is -0.506 e. The summed E-state index contributed by atoms with van der Waals surface area (Å²) in [5, 5.41) is 14.8. The van der Waals surface area contributed by atoms with E-state index in [4.69, 9.17) is 23.8 Å². The summed E-state index contributed by atoms with van der Waals surface area (Å²) in [6.45, 7) is 0.545. The summed E-state index contributed by atoms with van der Waals surface area (Å²) in [6, 6.07) is 8.41. The van der Waals surface area contributed by atoms with Crippen LogP contribution in [0.4, 0.5) is 5.69 Å². The highest BCUT2D eigenvalue weighted by Crippen LogP contribution is 2.33. The molecule has 0 aliphatic carbocycles. The second-order valence-electron chi connectivity index (χ2n) is 6.37. The van der Waals surface area contributed by atoms with Crippen LogP contribution in [0.3, 0.4) is 0 Å². The third kappa shape index (κ3) is 6.05. The standard InChI is InChI=1S/C20H19ClN2O3S3/c21-13-7-8-16(24)15(11-13)22-18(25)6-2-1-3-9-23-19(26)17(29-20(23)27)12-14-5-4-10-28-14/h4-5,7-8,10-12,24H,1-3,6,9H2,(H,22,25)/b17-12-. The quantitative estimate of drug-likeness (QED) is 0.232. The number of carbonyl (C=O) groups excluding carboxylic acids is 2. The van der Waals surface area contributed by atoms with Gasteiger partial charge in [0.15, 0.2) is 0 Å². The predicted molar refractivity (Wildman–Crippen MR) is 124 cm³/mol. The second kappa shape index (κ2) is 10.2. The maximum atomic E-state index is 12.5. The summed E-state index contributed by atoms with van der Waals surface area (Å²) in [6.07, 6.45) is 4.42. The third-order valence-corrected chi connectivity index (χ3v) is 6.64. The van der Waals surface area contributed by atoms with Crippen molar-refractivity contribution in [2.75, 3.05) is 11.9 Å². The Morgan fingerprint density at radius 1 is 1.28 bits per heavy atom. The van der Waals surface area contributed by atoms with Crippen LogP contribution in [0.25, 0.3) is 6.08 Å². The monoisotopic (exact) mass is 466 g/mol. The first-order chi connectivity index (χ1) is 13.9.